The molecule has 3 fully saturated rings. The SMILES string of the molecule is CC1CC2C3CC1C23. The minimum absolute atomic E-state index is 1.11. The van der Waals surface area contributed by atoms with Crippen LogP contribution in [-0.4, -0.2) is 0 Å². The predicted octanol–water partition coefficient (Wildman–Crippen LogP) is 1.91. The zero-order chi connectivity index (χ0) is 5.30. The van der Waals surface area contributed by atoms with Crippen molar-refractivity contribution in [3.8, 4) is 0 Å². The summed E-state index contributed by atoms with van der Waals surface area (Å²) in [5, 5.41) is 0. The van der Waals surface area contributed by atoms with E-state index in [1.165, 1.54) is 23.7 Å². The van der Waals surface area contributed by atoms with Gasteiger partial charge in [0.05, 0.1) is 0 Å². The Hall–Kier alpha value is 0. The molecule has 44 valence electrons. The van der Waals surface area contributed by atoms with Crippen molar-refractivity contribution in [3.63, 3.8) is 0 Å². The highest BCUT2D eigenvalue weighted by molar-refractivity contribution is 5.16. The Kier molecular flexibility index (Phi) is 0.427. The molecule has 0 spiro atoms. The van der Waals surface area contributed by atoms with E-state index < -0.39 is 0 Å². The second kappa shape index (κ2) is 0.872. The van der Waals surface area contributed by atoms with E-state index in [9.17, 15) is 0 Å². The molecule has 3 aliphatic carbocycles. The average Bonchev–Trinajstić information content (AvgIpc) is 1.98. The van der Waals surface area contributed by atoms with Crippen LogP contribution in [0, 0.1) is 29.6 Å². The summed E-state index contributed by atoms with van der Waals surface area (Å²) in [7, 11) is 0. The van der Waals surface area contributed by atoms with Crippen molar-refractivity contribution in [1.82, 2.24) is 0 Å². The average molecular weight is 108 g/mol. The van der Waals surface area contributed by atoms with Crippen LogP contribution in [0.1, 0.15) is 19.8 Å². The highest BCUT2D eigenvalue weighted by Gasteiger charge is 2.68. The zero-order valence-electron chi connectivity index (χ0n) is 5.30. The van der Waals surface area contributed by atoms with Crippen LogP contribution in [0.4, 0.5) is 0 Å². The first kappa shape index (κ1) is 3.92. The lowest BCUT2D eigenvalue weighted by atomic mass is 9.76. The van der Waals surface area contributed by atoms with E-state index in [1.54, 1.807) is 12.8 Å². The van der Waals surface area contributed by atoms with Crippen LogP contribution in [0.25, 0.3) is 0 Å². The highest BCUT2D eigenvalue weighted by atomic mass is 14.7. The lowest BCUT2D eigenvalue weighted by Gasteiger charge is -2.29. The van der Waals surface area contributed by atoms with Crippen molar-refractivity contribution in [1.29, 1.82) is 0 Å². The van der Waals surface area contributed by atoms with E-state index in [4.69, 9.17) is 0 Å². The summed E-state index contributed by atoms with van der Waals surface area (Å²) in [6, 6.07) is 0. The first-order chi connectivity index (χ1) is 3.88. The fraction of sp³-hybridized carbons (Fsp3) is 1.00. The van der Waals surface area contributed by atoms with Gasteiger partial charge in [-0.3, -0.25) is 0 Å². The second-order valence-electron chi connectivity index (χ2n) is 4.02. The third kappa shape index (κ3) is 0.222. The van der Waals surface area contributed by atoms with Crippen molar-refractivity contribution < 1.29 is 0 Å². The van der Waals surface area contributed by atoms with Gasteiger partial charge in [0, 0.05) is 0 Å². The van der Waals surface area contributed by atoms with Crippen LogP contribution < -0.4 is 0 Å². The van der Waals surface area contributed by atoms with Gasteiger partial charge in [0.2, 0.25) is 0 Å². The molecule has 0 N–H and O–H groups in total. The van der Waals surface area contributed by atoms with Crippen LogP contribution in [0.15, 0.2) is 0 Å². The minimum atomic E-state index is 1.11. The summed E-state index contributed by atoms with van der Waals surface area (Å²) < 4.78 is 0. The van der Waals surface area contributed by atoms with Gasteiger partial charge in [0.15, 0.2) is 0 Å². The Morgan fingerprint density at radius 2 is 1.75 bits per heavy atom. The van der Waals surface area contributed by atoms with Crippen molar-refractivity contribution in [2.45, 2.75) is 19.8 Å². The van der Waals surface area contributed by atoms with Crippen molar-refractivity contribution >= 4 is 0 Å². The molecule has 3 aliphatic rings. The Labute approximate surface area is 50.3 Å². The Morgan fingerprint density at radius 3 is 2.00 bits per heavy atom. The van der Waals surface area contributed by atoms with Gasteiger partial charge in [-0.2, -0.15) is 0 Å². The van der Waals surface area contributed by atoms with Gasteiger partial charge >= 0.3 is 0 Å². The molecular weight excluding hydrogens is 96.1 g/mol. The Bertz CT molecular complexity index is 133. The van der Waals surface area contributed by atoms with E-state index >= 15 is 0 Å². The molecule has 0 aromatic rings. The van der Waals surface area contributed by atoms with Crippen molar-refractivity contribution in [2.24, 2.45) is 29.6 Å². The standard InChI is InChI=1S/C8H12/c1-4-2-6-7-3-5(4)8(6)7/h4-8H,2-3H2,1H3. The Balaban J connectivity index is 1.98. The molecule has 0 nitrogen and oxygen atoms in total. The fourth-order valence-electron chi connectivity index (χ4n) is 3.26. The third-order valence-electron chi connectivity index (χ3n) is 3.81. The maximum atomic E-state index is 2.44. The zero-order valence-corrected chi connectivity index (χ0v) is 5.30. The lowest BCUT2D eigenvalue weighted by molar-refractivity contribution is 0.198. The van der Waals surface area contributed by atoms with E-state index in [0.29, 0.717) is 0 Å². The van der Waals surface area contributed by atoms with E-state index in [0.717, 1.165) is 5.92 Å². The van der Waals surface area contributed by atoms with Gasteiger partial charge in [0.25, 0.3) is 0 Å². The topological polar surface area (TPSA) is 0 Å². The maximum absolute atomic E-state index is 2.44. The summed E-state index contributed by atoms with van der Waals surface area (Å²) >= 11 is 0. The smallest absolute Gasteiger partial charge is 0.0321 e. The third-order valence-corrected chi connectivity index (χ3v) is 3.81. The fourth-order valence-corrected chi connectivity index (χ4v) is 3.26. The molecule has 5 atom stereocenters. The molecule has 0 aromatic carbocycles. The van der Waals surface area contributed by atoms with Gasteiger partial charge in [-0.1, -0.05) is 6.92 Å². The molecule has 0 heterocycles. The maximum Gasteiger partial charge on any atom is -0.0321 e. The molecule has 0 heteroatoms. The monoisotopic (exact) mass is 108 g/mol. The molecule has 3 rings (SSSR count). The summed E-state index contributed by atoms with van der Waals surface area (Å²) in [5.74, 6) is 6.04. The van der Waals surface area contributed by atoms with Gasteiger partial charge in [0.1, 0.15) is 0 Å². The van der Waals surface area contributed by atoms with E-state index in [-0.39, 0.29) is 0 Å². The normalized spacial score (nSPS) is 73.9. The van der Waals surface area contributed by atoms with E-state index in [2.05, 4.69) is 6.92 Å². The quantitative estimate of drug-likeness (QED) is 0.444. The van der Waals surface area contributed by atoms with Gasteiger partial charge in [-0.15, -0.1) is 0 Å². The number of hydrogen-bond acceptors (Lipinski definition) is 0. The molecule has 0 aromatic heterocycles. The number of fused-ring (bicyclic) bond motifs is 1. The van der Waals surface area contributed by atoms with Crippen molar-refractivity contribution in [3.05, 3.63) is 0 Å². The molecule has 0 saturated heterocycles. The molecule has 8 heavy (non-hydrogen) atoms. The second-order valence-corrected chi connectivity index (χ2v) is 4.02. The van der Waals surface area contributed by atoms with Crippen LogP contribution in [0.5, 0.6) is 0 Å². The molecule has 0 bridgehead atoms. The molecule has 0 amide bonds. The first-order valence-corrected chi connectivity index (χ1v) is 3.88. The van der Waals surface area contributed by atoms with Gasteiger partial charge in [-0.05, 0) is 42.4 Å². The number of hydrogen-bond donors (Lipinski definition) is 0. The lowest BCUT2D eigenvalue weighted by Crippen LogP contribution is -2.22. The Morgan fingerprint density at radius 1 is 1.00 bits per heavy atom. The van der Waals surface area contributed by atoms with Gasteiger partial charge < -0.3 is 0 Å². The predicted molar refractivity (Wildman–Crippen MR) is 32.4 cm³/mol. The van der Waals surface area contributed by atoms with Crippen molar-refractivity contribution in [2.75, 3.05) is 0 Å². The largest absolute Gasteiger partial charge is 0.0622 e. The van der Waals surface area contributed by atoms with Crippen LogP contribution in [-0.2, 0) is 0 Å². The molecule has 0 aliphatic heterocycles. The van der Waals surface area contributed by atoms with Gasteiger partial charge in [-0.25, -0.2) is 0 Å². The van der Waals surface area contributed by atoms with Crippen LogP contribution in [0.3, 0.4) is 0 Å². The van der Waals surface area contributed by atoms with Crippen LogP contribution >= 0.6 is 0 Å². The minimum Gasteiger partial charge on any atom is -0.0622 e. The molecule has 3 saturated carbocycles. The highest BCUT2D eigenvalue weighted by Crippen LogP contribution is 2.74. The summed E-state index contributed by atoms with van der Waals surface area (Å²) in [5.41, 5.74) is 0. The molecule has 0 radical (unpaired) electrons. The summed E-state index contributed by atoms with van der Waals surface area (Å²) in [4.78, 5) is 0. The first-order valence-electron chi connectivity index (χ1n) is 3.88. The molecular formula is C8H12. The molecule has 5 unspecified atom stereocenters. The summed E-state index contributed by atoms with van der Waals surface area (Å²) in [6.45, 7) is 2.44. The van der Waals surface area contributed by atoms with Crippen LogP contribution in [0.2, 0.25) is 0 Å². The van der Waals surface area contributed by atoms with E-state index in [1.807, 2.05) is 0 Å². The number of rotatable bonds is 0. The summed E-state index contributed by atoms with van der Waals surface area (Å²) in [6.07, 6.45) is 3.19.